The number of aromatic nitrogens is 2. The topological polar surface area (TPSA) is 39.1 Å². The van der Waals surface area contributed by atoms with Crippen molar-refractivity contribution in [3.8, 4) is 0 Å². The van der Waals surface area contributed by atoms with E-state index in [0.29, 0.717) is 12.2 Å². The number of rotatable bonds is 5. The Hall–Kier alpha value is -0.870. The molecule has 1 saturated heterocycles. The van der Waals surface area contributed by atoms with Crippen LogP contribution in [0.5, 0.6) is 0 Å². The van der Waals surface area contributed by atoms with E-state index in [2.05, 4.69) is 35.0 Å². The summed E-state index contributed by atoms with van der Waals surface area (Å²) in [5.41, 5.74) is 2.31. The van der Waals surface area contributed by atoms with E-state index in [9.17, 15) is 0 Å². The van der Waals surface area contributed by atoms with E-state index >= 15 is 0 Å². The average Bonchev–Trinajstić information content (AvgIpc) is 2.84. The van der Waals surface area contributed by atoms with E-state index in [1.807, 2.05) is 6.92 Å². The van der Waals surface area contributed by atoms with E-state index in [-0.39, 0.29) is 0 Å². The van der Waals surface area contributed by atoms with E-state index < -0.39 is 0 Å². The second-order valence-electron chi connectivity index (χ2n) is 4.87. The highest BCUT2D eigenvalue weighted by Crippen LogP contribution is 2.21. The Morgan fingerprint density at radius 2 is 2.18 bits per heavy atom. The molecule has 1 aliphatic rings. The fourth-order valence-electron chi connectivity index (χ4n) is 2.42. The fraction of sp³-hybridized carbons (Fsp3) is 0.769. The Morgan fingerprint density at radius 1 is 1.41 bits per heavy atom. The summed E-state index contributed by atoms with van der Waals surface area (Å²) in [5, 5.41) is 7.82. The smallest absolute Gasteiger partial charge is 0.0776 e. The van der Waals surface area contributed by atoms with Crippen LogP contribution in [0.3, 0.4) is 0 Å². The molecule has 17 heavy (non-hydrogen) atoms. The second kappa shape index (κ2) is 5.65. The van der Waals surface area contributed by atoms with Gasteiger partial charge >= 0.3 is 0 Å². The summed E-state index contributed by atoms with van der Waals surface area (Å²) in [6, 6.07) is 2.12. The Kier molecular flexibility index (Phi) is 4.18. The van der Waals surface area contributed by atoms with Gasteiger partial charge in [0.1, 0.15) is 0 Å². The van der Waals surface area contributed by atoms with Gasteiger partial charge in [0, 0.05) is 12.2 Å². The Morgan fingerprint density at radius 3 is 2.82 bits per heavy atom. The van der Waals surface area contributed by atoms with Crippen LogP contribution >= 0.6 is 0 Å². The molecule has 1 aromatic rings. The van der Waals surface area contributed by atoms with Crippen LogP contribution in [-0.2, 0) is 11.3 Å². The zero-order chi connectivity index (χ0) is 12.3. The normalized spacial score (nSPS) is 24.4. The molecule has 0 spiro atoms. The van der Waals surface area contributed by atoms with Gasteiger partial charge < -0.3 is 10.1 Å². The summed E-state index contributed by atoms with van der Waals surface area (Å²) in [7, 11) is 0. The zero-order valence-electron chi connectivity index (χ0n) is 11.1. The molecule has 4 heteroatoms. The van der Waals surface area contributed by atoms with Crippen LogP contribution in [0.1, 0.15) is 31.2 Å². The van der Waals surface area contributed by atoms with Gasteiger partial charge in [-0.3, -0.25) is 4.68 Å². The molecule has 2 atom stereocenters. The van der Waals surface area contributed by atoms with Gasteiger partial charge in [-0.05, 0) is 39.3 Å². The molecule has 4 nitrogen and oxygen atoms in total. The molecule has 0 amide bonds. The predicted molar refractivity (Wildman–Crippen MR) is 68.1 cm³/mol. The number of hydrogen-bond acceptors (Lipinski definition) is 3. The van der Waals surface area contributed by atoms with Crippen LogP contribution in [-0.4, -0.2) is 35.1 Å². The molecule has 1 aliphatic heterocycles. The minimum atomic E-state index is 0.330. The third-order valence-electron chi connectivity index (χ3n) is 3.30. The van der Waals surface area contributed by atoms with Crippen molar-refractivity contribution in [1.82, 2.24) is 15.1 Å². The van der Waals surface area contributed by atoms with Crippen molar-refractivity contribution in [2.45, 2.75) is 52.4 Å². The van der Waals surface area contributed by atoms with Crippen molar-refractivity contribution in [1.29, 1.82) is 0 Å². The summed E-state index contributed by atoms with van der Waals surface area (Å²) >= 11 is 0. The number of ether oxygens (including phenoxy) is 1. The van der Waals surface area contributed by atoms with Crippen molar-refractivity contribution in [2.75, 3.05) is 13.1 Å². The first-order chi connectivity index (χ1) is 8.19. The van der Waals surface area contributed by atoms with Crippen LogP contribution in [0.4, 0.5) is 0 Å². The SMILES string of the molecule is CCNCC1CCC(Cn2nc(C)cc2C)O1. The van der Waals surface area contributed by atoms with Crippen LogP contribution in [0.2, 0.25) is 0 Å². The second-order valence-corrected chi connectivity index (χ2v) is 4.87. The van der Waals surface area contributed by atoms with Crippen molar-refractivity contribution >= 4 is 0 Å². The number of aryl methyl sites for hydroxylation is 2. The lowest BCUT2D eigenvalue weighted by Gasteiger charge is -2.14. The molecule has 0 bridgehead atoms. The summed E-state index contributed by atoms with van der Waals surface area (Å²) in [6.45, 7) is 9.15. The maximum atomic E-state index is 6.01. The van der Waals surface area contributed by atoms with E-state index in [0.717, 1.165) is 38.2 Å². The maximum Gasteiger partial charge on any atom is 0.0776 e. The van der Waals surface area contributed by atoms with Gasteiger partial charge in [0.05, 0.1) is 24.4 Å². The van der Waals surface area contributed by atoms with Gasteiger partial charge in [-0.2, -0.15) is 5.10 Å². The first-order valence-electron chi connectivity index (χ1n) is 6.56. The summed E-state index contributed by atoms with van der Waals surface area (Å²) in [5.74, 6) is 0. The molecule has 2 heterocycles. The zero-order valence-corrected chi connectivity index (χ0v) is 11.1. The number of nitrogens with zero attached hydrogens (tertiary/aromatic N) is 2. The molecule has 0 aromatic carbocycles. The molecule has 1 fully saturated rings. The van der Waals surface area contributed by atoms with Crippen molar-refractivity contribution in [3.63, 3.8) is 0 Å². The molecule has 0 saturated carbocycles. The highest BCUT2D eigenvalue weighted by molar-refractivity contribution is 5.06. The summed E-state index contributed by atoms with van der Waals surface area (Å²) < 4.78 is 8.07. The molecular formula is C13H23N3O. The predicted octanol–water partition coefficient (Wildman–Crippen LogP) is 1.66. The molecule has 1 aromatic heterocycles. The Labute approximate surface area is 103 Å². The van der Waals surface area contributed by atoms with Gasteiger partial charge in [-0.25, -0.2) is 0 Å². The largest absolute Gasteiger partial charge is 0.372 e. The molecule has 0 aliphatic carbocycles. The molecular weight excluding hydrogens is 214 g/mol. The number of hydrogen-bond donors (Lipinski definition) is 1. The molecule has 1 N–H and O–H groups in total. The molecule has 96 valence electrons. The van der Waals surface area contributed by atoms with Gasteiger partial charge in [-0.1, -0.05) is 6.92 Å². The lowest BCUT2D eigenvalue weighted by Crippen LogP contribution is -2.28. The standard InChI is InChI=1S/C13H23N3O/c1-4-14-8-12-5-6-13(17-12)9-16-11(3)7-10(2)15-16/h7,12-14H,4-6,8-9H2,1-3H3. The van der Waals surface area contributed by atoms with Crippen LogP contribution in [0.15, 0.2) is 6.07 Å². The van der Waals surface area contributed by atoms with Crippen LogP contribution in [0.25, 0.3) is 0 Å². The summed E-state index contributed by atoms with van der Waals surface area (Å²) in [6.07, 6.45) is 3.03. The average molecular weight is 237 g/mol. The van der Waals surface area contributed by atoms with Gasteiger partial charge in [-0.15, -0.1) is 0 Å². The third kappa shape index (κ3) is 3.30. The quantitative estimate of drug-likeness (QED) is 0.846. The lowest BCUT2D eigenvalue weighted by atomic mass is 10.2. The van der Waals surface area contributed by atoms with E-state index in [1.54, 1.807) is 0 Å². The molecule has 2 rings (SSSR count). The highest BCUT2D eigenvalue weighted by Gasteiger charge is 2.25. The molecule has 0 radical (unpaired) electrons. The Bertz CT molecular complexity index is 362. The summed E-state index contributed by atoms with van der Waals surface area (Å²) in [4.78, 5) is 0. The third-order valence-corrected chi connectivity index (χ3v) is 3.30. The maximum absolute atomic E-state index is 6.01. The first kappa shape index (κ1) is 12.6. The van der Waals surface area contributed by atoms with Gasteiger partial charge in [0.15, 0.2) is 0 Å². The lowest BCUT2D eigenvalue weighted by molar-refractivity contribution is 0.0341. The van der Waals surface area contributed by atoms with Crippen molar-refractivity contribution in [2.24, 2.45) is 0 Å². The van der Waals surface area contributed by atoms with E-state index in [1.165, 1.54) is 5.69 Å². The number of likely N-dealkylation sites (N-methyl/N-ethyl adjacent to an activating group) is 1. The Balaban J connectivity index is 1.83. The van der Waals surface area contributed by atoms with E-state index in [4.69, 9.17) is 4.74 Å². The fourth-order valence-corrected chi connectivity index (χ4v) is 2.42. The minimum absolute atomic E-state index is 0.330. The highest BCUT2D eigenvalue weighted by atomic mass is 16.5. The molecule has 2 unspecified atom stereocenters. The van der Waals surface area contributed by atoms with Gasteiger partial charge in [0.25, 0.3) is 0 Å². The van der Waals surface area contributed by atoms with Crippen molar-refractivity contribution < 1.29 is 4.74 Å². The van der Waals surface area contributed by atoms with Crippen molar-refractivity contribution in [3.05, 3.63) is 17.5 Å². The number of nitrogens with one attached hydrogen (secondary N) is 1. The van der Waals surface area contributed by atoms with Crippen LogP contribution in [0, 0.1) is 13.8 Å². The first-order valence-corrected chi connectivity index (χ1v) is 6.56. The monoisotopic (exact) mass is 237 g/mol. The minimum Gasteiger partial charge on any atom is -0.372 e. The van der Waals surface area contributed by atoms with Gasteiger partial charge in [0.2, 0.25) is 0 Å². The van der Waals surface area contributed by atoms with Crippen LogP contribution < -0.4 is 5.32 Å².